The molecule has 5 nitrogen and oxygen atoms in total. The van der Waals surface area contributed by atoms with Crippen molar-refractivity contribution in [2.24, 2.45) is 11.7 Å². The normalized spacial score (nSPS) is 24.5. The zero-order valence-electron chi connectivity index (χ0n) is 9.59. The van der Waals surface area contributed by atoms with Gasteiger partial charge in [-0.1, -0.05) is 12.2 Å². The van der Waals surface area contributed by atoms with Crippen molar-refractivity contribution >= 4 is 27.2 Å². The highest BCUT2D eigenvalue weighted by Crippen LogP contribution is 2.33. The fourth-order valence-electron chi connectivity index (χ4n) is 2.08. The first-order chi connectivity index (χ1) is 8.00. The first-order valence-electron chi connectivity index (χ1n) is 5.89. The van der Waals surface area contributed by atoms with Crippen molar-refractivity contribution in [1.82, 2.24) is 4.72 Å². The monoisotopic (exact) mass is 278 g/mol. The predicted molar refractivity (Wildman–Crippen MR) is 69.2 cm³/mol. The molecule has 1 aliphatic carbocycles. The summed E-state index contributed by atoms with van der Waals surface area (Å²) in [6.45, 7) is 1.01. The van der Waals surface area contributed by atoms with E-state index in [9.17, 15) is 8.42 Å². The van der Waals surface area contributed by atoms with Gasteiger partial charge in [0.1, 0.15) is 0 Å². The molecule has 0 bridgehead atoms. The minimum atomic E-state index is -3.33. The molecule has 2 aliphatic rings. The van der Waals surface area contributed by atoms with Gasteiger partial charge in [0.15, 0.2) is 0 Å². The fraction of sp³-hybridized carbons (Fsp3) is 0.900. The number of ether oxygens (including phenoxy) is 1. The average molecular weight is 278 g/mol. The molecule has 1 heterocycles. The van der Waals surface area contributed by atoms with Gasteiger partial charge in [0.05, 0.1) is 16.3 Å². The summed E-state index contributed by atoms with van der Waals surface area (Å²) >= 11 is 4.93. The third kappa shape index (κ3) is 3.37. The molecule has 1 aliphatic heterocycles. The van der Waals surface area contributed by atoms with Crippen LogP contribution < -0.4 is 10.5 Å². The molecule has 1 unspecified atom stereocenters. The molecule has 0 amide bonds. The second kappa shape index (κ2) is 5.17. The number of nitrogens with one attached hydrogen (secondary N) is 1. The third-order valence-electron chi connectivity index (χ3n) is 3.30. The molecule has 0 radical (unpaired) electrons. The Labute approximate surface area is 107 Å². The zero-order chi connectivity index (χ0) is 12.5. The smallest absolute Gasteiger partial charge is 0.215 e. The average Bonchev–Trinajstić information content (AvgIpc) is 3.11. The Morgan fingerprint density at radius 2 is 1.88 bits per heavy atom. The van der Waals surface area contributed by atoms with Gasteiger partial charge in [-0.25, -0.2) is 13.1 Å². The van der Waals surface area contributed by atoms with Crippen molar-refractivity contribution in [3.8, 4) is 0 Å². The molecule has 98 valence electrons. The van der Waals surface area contributed by atoms with Crippen LogP contribution in [0.25, 0.3) is 0 Å². The summed E-state index contributed by atoms with van der Waals surface area (Å²) in [5.41, 5.74) is 5.59. The Hall–Kier alpha value is -0.240. The summed E-state index contributed by atoms with van der Waals surface area (Å²) in [7, 11) is -3.33. The van der Waals surface area contributed by atoms with Crippen molar-refractivity contribution in [3.05, 3.63) is 0 Å². The van der Waals surface area contributed by atoms with Gasteiger partial charge < -0.3 is 10.5 Å². The summed E-state index contributed by atoms with van der Waals surface area (Å²) in [5, 5.41) is -0.369. The molecular weight excluding hydrogens is 260 g/mol. The molecule has 2 rings (SSSR count). The topological polar surface area (TPSA) is 81.4 Å². The maximum atomic E-state index is 12.2. The van der Waals surface area contributed by atoms with Crippen LogP contribution in [-0.4, -0.2) is 37.9 Å². The molecule has 0 spiro atoms. The summed E-state index contributed by atoms with van der Waals surface area (Å²) in [4.78, 5) is 0.253. The lowest BCUT2D eigenvalue weighted by molar-refractivity contribution is 0.0981. The van der Waals surface area contributed by atoms with Crippen molar-refractivity contribution in [1.29, 1.82) is 0 Å². The zero-order valence-corrected chi connectivity index (χ0v) is 11.2. The third-order valence-corrected chi connectivity index (χ3v) is 5.48. The van der Waals surface area contributed by atoms with E-state index in [1.807, 2.05) is 0 Å². The van der Waals surface area contributed by atoms with Gasteiger partial charge in [0, 0.05) is 13.2 Å². The number of sulfonamides is 1. The molecule has 0 aromatic carbocycles. The first kappa shape index (κ1) is 13.2. The van der Waals surface area contributed by atoms with Crippen molar-refractivity contribution in [2.45, 2.75) is 37.0 Å². The van der Waals surface area contributed by atoms with E-state index >= 15 is 0 Å². The molecule has 0 aromatic heterocycles. The highest BCUT2D eigenvalue weighted by molar-refractivity contribution is 7.90. The van der Waals surface area contributed by atoms with Crippen molar-refractivity contribution in [3.63, 3.8) is 0 Å². The number of nitrogens with two attached hydrogens (primary N) is 1. The number of hydrogen-bond donors (Lipinski definition) is 2. The van der Waals surface area contributed by atoms with Crippen molar-refractivity contribution in [2.75, 3.05) is 13.2 Å². The van der Waals surface area contributed by atoms with Gasteiger partial charge >= 0.3 is 0 Å². The predicted octanol–water partition coefficient (Wildman–Crippen LogP) is 0.149. The minimum Gasteiger partial charge on any atom is -0.392 e. The Bertz CT molecular complexity index is 386. The van der Waals surface area contributed by atoms with Gasteiger partial charge in [-0.2, -0.15) is 0 Å². The molecule has 2 fully saturated rings. The van der Waals surface area contributed by atoms with Crippen LogP contribution in [0.2, 0.25) is 0 Å². The maximum absolute atomic E-state index is 12.2. The highest BCUT2D eigenvalue weighted by atomic mass is 32.2. The van der Waals surface area contributed by atoms with Gasteiger partial charge in [-0.15, -0.1) is 0 Å². The standard InChI is InChI=1S/C10H18N2O3S2/c11-10(16)9(7-1-2-7)12-17(13,14)8-3-5-15-6-4-8/h7-9,12H,1-6H2,(H2,11,16). The maximum Gasteiger partial charge on any atom is 0.215 e. The molecule has 0 aromatic rings. The summed E-state index contributed by atoms with van der Waals surface area (Å²) in [5.74, 6) is 0.294. The molecule has 1 saturated heterocycles. The van der Waals surface area contributed by atoms with E-state index in [1.54, 1.807) is 0 Å². The quantitative estimate of drug-likeness (QED) is 0.700. The summed E-state index contributed by atoms with van der Waals surface area (Å²) in [6.07, 6.45) is 3.09. The molecular formula is C10H18N2O3S2. The lowest BCUT2D eigenvalue weighted by Crippen LogP contribution is -2.49. The lowest BCUT2D eigenvalue weighted by atomic mass is 10.2. The Kier molecular flexibility index (Phi) is 4.02. The van der Waals surface area contributed by atoms with E-state index in [4.69, 9.17) is 22.7 Å². The van der Waals surface area contributed by atoms with Crippen LogP contribution in [0.3, 0.4) is 0 Å². The molecule has 17 heavy (non-hydrogen) atoms. The Balaban J connectivity index is 2.01. The van der Waals surface area contributed by atoms with E-state index in [-0.39, 0.29) is 16.3 Å². The van der Waals surface area contributed by atoms with Gasteiger partial charge in [0.2, 0.25) is 10.0 Å². The fourth-order valence-corrected chi connectivity index (χ4v) is 4.08. The van der Waals surface area contributed by atoms with E-state index < -0.39 is 10.0 Å². The van der Waals surface area contributed by atoms with Crippen LogP contribution in [0.4, 0.5) is 0 Å². The number of thiocarbonyl (C=S) groups is 1. The van der Waals surface area contributed by atoms with E-state index in [1.165, 1.54) is 0 Å². The van der Waals surface area contributed by atoms with Crippen LogP contribution in [-0.2, 0) is 14.8 Å². The van der Waals surface area contributed by atoms with E-state index in [0.29, 0.717) is 32.0 Å². The molecule has 1 atom stereocenters. The minimum absolute atomic E-state index is 0.253. The second-order valence-corrected chi connectivity index (χ2v) is 7.16. The van der Waals surface area contributed by atoms with Gasteiger partial charge in [0.25, 0.3) is 0 Å². The SMILES string of the molecule is NC(=S)C(NS(=O)(=O)C1CCOCC1)C1CC1. The van der Waals surface area contributed by atoms with E-state index in [0.717, 1.165) is 12.8 Å². The van der Waals surface area contributed by atoms with Gasteiger partial charge in [-0.3, -0.25) is 0 Å². The Morgan fingerprint density at radius 3 is 2.35 bits per heavy atom. The number of hydrogen-bond acceptors (Lipinski definition) is 4. The van der Waals surface area contributed by atoms with Crippen LogP contribution in [0.15, 0.2) is 0 Å². The van der Waals surface area contributed by atoms with Gasteiger partial charge in [-0.05, 0) is 31.6 Å². The Morgan fingerprint density at radius 1 is 1.29 bits per heavy atom. The molecule has 3 N–H and O–H groups in total. The second-order valence-electron chi connectivity index (χ2n) is 4.69. The van der Waals surface area contributed by atoms with Crippen LogP contribution >= 0.6 is 12.2 Å². The summed E-state index contributed by atoms with van der Waals surface area (Å²) < 4.78 is 32.1. The molecule has 1 saturated carbocycles. The molecule has 7 heteroatoms. The van der Waals surface area contributed by atoms with E-state index in [2.05, 4.69) is 4.72 Å². The van der Waals surface area contributed by atoms with Crippen LogP contribution in [0, 0.1) is 5.92 Å². The highest BCUT2D eigenvalue weighted by Gasteiger charge is 2.38. The lowest BCUT2D eigenvalue weighted by Gasteiger charge is -2.25. The largest absolute Gasteiger partial charge is 0.392 e. The number of rotatable bonds is 5. The van der Waals surface area contributed by atoms with Crippen LogP contribution in [0.5, 0.6) is 0 Å². The first-order valence-corrected chi connectivity index (χ1v) is 7.84. The van der Waals surface area contributed by atoms with Crippen molar-refractivity contribution < 1.29 is 13.2 Å². The summed E-state index contributed by atoms with van der Waals surface area (Å²) in [6, 6.07) is -0.363. The van der Waals surface area contributed by atoms with Crippen LogP contribution in [0.1, 0.15) is 25.7 Å².